The molecule has 118 valence electrons. The van der Waals surface area contributed by atoms with Crippen LogP contribution in [0.25, 0.3) is 6.08 Å². The van der Waals surface area contributed by atoms with E-state index in [4.69, 9.17) is 9.47 Å². The number of carbonyl (C=O) groups is 2. The number of alkyl halides is 3. The summed E-state index contributed by atoms with van der Waals surface area (Å²) in [5, 5.41) is 0. The lowest BCUT2D eigenvalue weighted by Crippen LogP contribution is -2.41. The van der Waals surface area contributed by atoms with Gasteiger partial charge in [0, 0.05) is 18.3 Å². The maximum absolute atomic E-state index is 12.7. The monoisotopic (exact) mass is 378 g/mol. The molecule has 0 saturated carbocycles. The number of carbonyl (C=O) groups excluding carboxylic acids is 2. The summed E-state index contributed by atoms with van der Waals surface area (Å²) >= 11 is 3.07. The lowest BCUT2D eigenvalue weighted by molar-refractivity contribution is -0.222. The number of ether oxygens (including phenoxy) is 2. The van der Waals surface area contributed by atoms with Gasteiger partial charge in [0.25, 0.3) is 5.79 Å². The van der Waals surface area contributed by atoms with Crippen LogP contribution in [-0.2, 0) is 25.2 Å². The van der Waals surface area contributed by atoms with Crippen LogP contribution in [0, 0.1) is 0 Å². The van der Waals surface area contributed by atoms with Crippen molar-refractivity contribution in [2.45, 2.75) is 25.8 Å². The highest BCUT2D eigenvalue weighted by Gasteiger charge is 2.39. The van der Waals surface area contributed by atoms with Gasteiger partial charge in [0.15, 0.2) is 0 Å². The number of hydrogen-bond acceptors (Lipinski definition) is 4. The normalized spacial score (nSPS) is 17.8. The zero-order valence-electron chi connectivity index (χ0n) is 11.5. The largest absolute Gasteiger partial charge is 0.419 e. The van der Waals surface area contributed by atoms with Gasteiger partial charge in [-0.3, -0.25) is 0 Å². The number of hydrogen-bond donors (Lipinski definition) is 0. The first kappa shape index (κ1) is 16.5. The molecule has 0 amide bonds. The van der Waals surface area contributed by atoms with E-state index < -0.39 is 35.0 Å². The number of rotatable bonds is 1. The standard InChI is InChI=1S/C14H10BrF3O4/c1-13(2)21-11(19)9(12(20)22-13)6-7-5-8(14(16,17)18)3-4-10(7)15/h3-6H,1-2H3. The van der Waals surface area contributed by atoms with E-state index in [9.17, 15) is 22.8 Å². The molecule has 2 rings (SSSR count). The maximum atomic E-state index is 12.7. The third-order valence-electron chi connectivity index (χ3n) is 2.74. The molecule has 1 aromatic carbocycles. The molecule has 1 aliphatic rings. The SMILES string of the molecule is CC1(C)OC(=O)C(=Cc2cc(C(F)(F)F)ccc2Br)C(=O)O1. The fourth-order valence-electron chi connectivity index (χ4n) is 1.76. The van der Waals surface area contributed by atoms with Gasteiger partial charge in [-0.15, -0.1) is 0 Å². The highest BCUT2D eigenvalue weighted by Crippen LogP contribution is 2.33. The summed E-state index contributed by atoms with van der Waals surface area (Å²) in [6, 6.07) is 2.88. The lowest BCUT2D eigenvalue weighted by Gasteiger charge is -2.29. The average molecular weight is 379 g/mol. The van der Waals surface area contributed by atoms with Gasteiger partial charge >= 0.3 is 18.1 Å². The Bertz CT molecular complexity index is 655. The van der Waals surface area contributed by atoms with Crippen LogP contribution in [-0.4, -0.2) is 17.7 Å². The van der Waals surface area contributed by atoms with Crippen molar-refractivity contribution in [3.05, 3.63) is 39.4 Å². The van der Waals surface area contributed by atoms with Crippen LogP contribution in [0.5, 0.6) is 0 Å². The van der Waals surface area contributed by atoms with E-state index in [0.29, 0.717) is 4.47 Å². The van der Waals surface area contributed by atoms with Crippen LogP contribution in [0.4, 0.5) is 13.2 Å². The topological polar surface area (TPSA) is 52.6 Å². The van der Waals surface area contributed by atoms with Crippen molar-refractivity contribution >= 4 is 33.9 Å². The van der Waals surface area contributed by atoms with Crippen LogP contribution in [0.1, 0.15) is 25.0 Å². The van der Waals surface area contributed by atoms with Crippen molar-refractivity contribution in [2.75, 3.05) is 0 Å². The van der Waals surface area contributed by atoms with Crippen molar-refractivity contribution in [1.29, 1.82) is 0 Å². The first-order valence-corrected chi connectivity index (χ1v) is 6.84. The van der Waals surface area contributed by atoms with Gasteiger partial charge < -0.3 is 9.47 Å². The number of benzene rings is 1. The molecule has 22 heavy (non-hydrogen) atoms. The van der Waals surface area contributed by atoms with Crippen LogP contribution >= 0.6 is 15.9 Å². The van der Waals surface area contributed by atoms with Crippen LogP contribution in [0.15, 0.2) is 28.2 Å². The molecule has 0 atom stereocenters. The second-order valence-corrected chi connectivity index (χ2v) is 5.83. The summed E-state index contributed by atoms with van der Waals surface area (Å²) in [5.41, 5.74) is -1.36. The predicted octanol–water partition coefficient (Wildman–Crippen LogP) is 3.69. The Balaban J connectivity index is 2.45. The molecule has 0 bridgehead atoms. The zero-order chi connectivity index (χ0) is 16.7. The minimum Gasteiger partial charge on any atom is -0.419 e. The Morgan fingerprint density at radius 3 is 2.18 bits per heavy atom. The van der Waals surface area contributed by atoms with Crippen LogP contribution in [0.2, 0.25) is 0 Å². The molecular weight excluding hydrogens is 369 g/mol. The van der Waals surface area contributed by atoms with Gasteiger partial charge in [0.2, 0.25) is 0 Å². The van der Waals surface area contributed by atoms with Gasteiger partial charge in [0.1, 0.15) is 5.57 Å². The molecule has 0 aliphatic carbocycles. The van der Waals surface area contributed by atoms with Gasteiger partial charge in [-0.05, 0) is 29.8 Å². The molecule has 1 aliphatic heterocycles. The number of esters is 2. The van der Waals surface area contributed by atoms with E-state index in [2.05, 4.69) is 15.9 Å². The van der Waals surface area contributed by atoms with E-state index in [0.717, 1.165) is 18.2 Å². The minimum absolute atomic E-state index is 0.0124. The second-order valence-electron chi connectivity index (χ2n) is 4.97. The maximum Gasteiger partial charge on any atom is 0.416 e. The summed E-state index contributed by atoms with van der Waals surface area (Å²) in [7, 11) is 0. The lowest BCUT2D eigenvalue weighted by atomic mass is 10.1. The molecule has 0 unspecified atom stereocenters. The van der Waals surface area contributed by atoms with E-state index in [1.165, 1.54) is 19.9 Å². The molecule has 0 spiro atoms. The Labute approximate surface area is 132 Å². The molecule has 0 radical (unpaired) electrons. The third-order valence-corrected chi connectivity index (χ3v) is 3.46. The Morgan fingerprint density at radius 2 is 1.68 bits per heavy atom. The molecule has 1 heterocycles. The molecule has 1 fully saturated rings. The summed E-state index contributed by atoms with van der Waals surface area (Å²) in [6.07, 6.45) is -3.54. The van der Waals surface area contributed by atoms with Crippen molar-refractivity contribution in [1.82, 2.24) is 0 Å². The van der Waals surface area contributed by atoms with Crippen molar-refractivity contribution in [3.63, 3.8) is 0 Å². The highest BCUT2D eigenvalue weighted by atomic mass is 79.9. The van der Waals surface area contributed by atoms with E-state index in [-0.39, 0.29) is 5.56 Å². The van der Waals surface area contributed by atoms with E-state index in [1.54, 1.807) is 0 Å². The molecule has 1 saturated heterocycles. The fourth-order valence-corrected chi connectivity index (χ4v) is 2.13. The Morgan fingerprint density at radius 1 is 1.14 bits per heavy atom. The van der Waals surface area contributed by atoms with Crippen molar-refractivity contribution in [2.24, 2.45) is 0 Å². The van der Waals surface area contributed by atoms with Crippen LogP contribution in [0.3, 0.4) is 0 Å². The summed E-state index contributed by atoms with van der Waals surface area (Å²) in [6.45, 7) is 2.75. The second kappa shape index (κ2) is 5.42. The van der Waals surface area contributed by atoms with Crippen LogP contribution < -0.4 is 0 Å². The molecule has 0 N–H and O–H groups in total. The van der Waals surface area contributed by atoms with E-state index in [1.807, 2.05) is 0 Å². The first-order valence-electron chi connectivity index (χ1n) is 6.05. The van der Waals surface area contributed by atoms with Crippen molar-refractivity contribution in [3.8, 4) is 0 Å². The molecule has 8 heteroatoms. The summed E-state index contributed by atoms with van der Waals surface area (Å²) in [4.78, 5) is 23.6. The molecular formula is C14H10BrF3O4. The van der Waals surface area contributed by atoms with E-state index >= 15 is 0 Å². The molecule has 0 aromatic heterocycles. The minimum atomic E-state index is -4.54. The Kier molecular flexibility index (Phi) is 4.08. The Hall–Kier alpha value is -1.83. The fraction of sp³-hybridized carbons (Fsp3) is 0.286. The summed E-state index contributed by atoms with van der Waals surface area (Å²) in [5.74, 6) is -3.31. The first-order chi connectivity index (χ1) is 9.99. The van der Waals surface area contributed by atoms with Gasteiger partial charge in [-0.25, -0.2) is 9.59 Å². The molecule has 4 nitrogen and oxygen atoms in total. The smallest absolute Gasteiger partial charge is 0.416 e. The average Bonchev–Trinajstić information content (AvgIpc) is 2.33. The number of halogens is 4. The molecule has 1 aromatic rings. The zero-order valence-corrected chi connectivity index (χ0v) is 13.0. The number of cyclic esters (lactones) is 2. The van der Waals surface area contributed by atoms with Crippen molar-refractivity contribution < 1.29 is 32.2 Å². The third kappa shape index (κ3) is 3.49. The highest BCUT2D eigenvalue weighted by molar-refractivity contribution is 9.10. The predicted molar refractivity (Wildman–Crippen MR) is 73.4 cm³/mol. The summed E-state index contributed by atoms with van der Waals surface area (Å²) < 4.78 is 48.2. The van der Waals surface area contributed by atoms with Gasteiger partial charge in [0.05, 0.1) is 5.56 Å². The van der Waals surface area contributed by atoms with Gasteiger partial charge in [-0.2, -0.15) is 13.2 Å². The quantitative estimate of drug-likeness (QED) is 0.424. The van der Waals surface area contributed by atoms with Gasteiger partial charge in [-0.1, -0.05) is 15.9 Å².